The summed E-state index contributed by atoms with van der Waals surface area (Å²) >= 11 is 0.743. The van der Waals surface area contributed by atoms with Gasteiger partial charge in [-0.1, -0.05) is 12.1 Å². The molecule has 1 atom stereocenters. The van der Waals surface area contributed by atoms with Crippen molar-refractivity contribution in [3.8, 4) is 0 Å². The number of rotatable bonds is 4. The van der Waals surface area contributed by atoms with E-state index in [9.17, 15) is 18.3 Å². The lowest BCUT2D eigenvalue weighted by atomic mass is 9.93. The molecule has 2 heterocycles. The van der Waals surface area contributed by atoms with Crippen molar-refractivity contribution in [1.29, 1.82) is 0 Å². The van der Waals surface area contributed by atoms with Gasteiger partial charge in [-0.3, -0.25) is 0 Å². The SMILES string of the molecule is Cc1nn(CCO)c(N)c1C(O)(c1nc2ccccc2s1)C(F)(F)F. The lowest BCUT2D eigenvalue weighted by Gasteiger charge is -2.28. The van der Waals surface area contributed by atoms with E-state index in [1.165, 1.54) is 6.92 Å². The maximum absolute atomic E-state index is 13.9. The van der Waals surface area contributed by atoms with Crippen LogP contribution in [0.4, 0.5) is 19.0 Å². The van der Waals surface area contributed by atoms with E-state index < -0.39 is 22.3 Å². The average Bonchev–Trinajstić information content (AvgIpc) is 3.08. The second-order valence-electron chi connectivity index (χ2n) is 5.49. The van der Waals surface area contributed by atoms with Crippen molar-refractivity contribution in [2.24, 2.45) is 0 Å². The standard InChI is InChI=1S/C15H15F3N4O2S/c1-8-11(12(19)22(21-8)6-7-23)14(24,15(16,17)18)13-20-9-4-2-3-5-10(9)25-13/h2-5,23-24H,6-7,19H2,1H3. The maximum Gasteiger partial charge on any atom is 0.428 e. The number of aliphatic hydroxyl groups is 2. The van der Waals surface area contributed by atoms with Gasteiger partial charge in [-0.25, -0.2) is 9.67 Å². The van der Waals surface area contributed by atoms with Gasteiger partial charge in [0.25, 0.3) is 0 Å². The van der Waals surface area contributed by atoms with Crippen LogP contribution in [-0.2, 0) is 12.1 Å². The zero-order valence-electron chi connectivity index (χ0n) is 13.1. The monoisotopic (exact) mass is 372 g/mol. The minimum atomic E-state index is -5.06. The molecule has 1 aromatic carbocycles. The fourth-order valence-corrected chi connectivity index (χ4v) is 3.79. The first kappa shape index (κ1) is 17.6. The third-order valence-corrected chi connectivity index (χ3v) is 5.00. The van der Waals surface area contributed by atoms with Crippen LogP contribution in [0.1, 0.15) is 16.3 Å². The second-order valence-corrected chi connectivity index (χ2v) is 6.52. The number of hydrogen-bond donors (Lipinski definition) is 3. The van der Waals surface area contributed by atoms with Gasteiger partial charge in [-0.2, -0.15) is 18.3 Å². The number of halogens is 3. The van der Waals surface area contributed by atoms with E-state index in [-0.39, 0.29) is 24.7 Å². The molecule has 1 unspecified atom stereocenters. The fraction of sp³-hybridized carbons (Fsp3) is 0.333. The largest absolute Gasteiger partial charge is 0.428 e. The van der Waals surface area contributed by atoms with Crippen LogP contribution in [0.25, 0.3) is 10.2 Å². The molecule has 6 nitrogen and oxygen atoms in total. The van der Waals surface area contributed by atoms with Gasteiger partial charge in [0.1, 0.15) is 10.8 Å². The minimum Gasteiger partial charge on any atom is -0.394 e. The van der Waals surface area contributed by atoms with E-state index in [4.69, 9.17) is 10.8 Å². The van der Waals surface area contributed by atoms with Crippen LogP contribution in [-0.4, -0.2) is 37.8 Å². The van der Waals surface area contributed by atoms with Gasteiger partial charge in [0.05, 0.1) is 34.6 Å². The van der Waals surface area contributed by atoms with Gasteiger partial charge >= 0.3 is 6.18 Å². The van der Waals surface area contributed by atoms with Crippen molar-refractivity contribution in [3.63, 3.8) is 0 Å². The second kappa shape index (κ2) is 5.97. The van der Waals surface area contributed by atoms with E-state index in [0.29, 0.717) is 10.2 Å². The number of nitrogens with two attached hydrogens (primary N) is 1. The van der Waals surface area contributed by atoms with Crippen LogP contribution >= 0.6 is 11.3 Å². The topological polar surface area (TPSA) is 97.2 Å². The van der Waals surface area contributed by atoms with Crippen molar-refractivity contribution in [1.82, 2.24) is 14.8 Å². The molecule has 0 amide bonds. The van der Waals surface area contributed by atoms with Crippen LogP contribution in [0, 0.1) is 6.92 Å². The molecule has 0 aliphatic rings. The van der Waals surface area contributed by atoms with E-state index >= 15 is 0 Å². The van der Waals surface area contributed by atoms with Crippen LogP contribution in [0.15, 0.2) is 24.3 Å². The number of benzene rings is 1. The number of anilines is 1. The van der Waals surface area contributed by atoms with Crippen molar-refractivity contribution in [2.45, 2.75) is 25.2 Å². The minimum absolute atomic E-state index is 0.0787. The number of thiazole rings is 1. The number of aromatic nitrogens is 3. The van der Waals surface area contributed by atoms with Gasteiger partial charge in [0.2, 0.25) is 5.60 Å². The summed E-state index contributed by atoms with van der Waals surface area (Å²) in [5.41, 5.74) is 2.13. The fourth-order valence-electron chi connectivity index (χ4n) is 2.71. The number of nitrogen functional groups attached to an aromatic ring is 1. The number of aryl methyl sites for hydroxylation is 1. The number of alkyl halides is 3. The average molecular weight is 372 g/mol. The predicted molar refractivity (Wildman–Crippen MR) is 87.1 cm³/mol. The van der Waals surface area contributed by atoms with Crippen molar-refractivity contribution in [2.75, 3.05) is 12.3 Å². The molecule has 0 spiro atoms. The molecule has 10 heteroatoms. The molecule has 0 saturated heterocycles. The molecule has 4 N–H and O–H groups in total. The zero-order valence-corrected chi connectivity index (χ0v) is 13.9. The number of para-hydroxylation sites is 1. The first-order chi connectivity index (χ1) is 11.7. The highest BCUT2D eigenvalue weighted by Crippen LogP contribution is 2.49. The molecule has 0 aliphatic carbocycles. The molecule has 0 radical (unpaired) electrons. The normalized spacial score (nSPS) is 14.8. The first-order valence-electron chi connectivity index (χ1n) is 7.29. The summed E-state index contributed by atoms with van der Waals surface area (Å²) in [7, 11) is 0. The summed E-state index contributed by atoms with van der Waals surface area (Å²) < 4.78 is 43.4. The van der Waals surface area contributed by atoms with Gasteiger partial charge in [-0.05, 0) is 19.1 Å². The number of aliphatic hydroxyl groups excluding tert-OH is 1. The summed E-state index contributed by atoms with van der Waals surface area (Å²) in [5.74, 6) is -0.356. The highest BCUT2D eigenvalue weighted by Gasteiger charge is 2.61. The summed E-state index contributed by atoms with van der Waals surface area (Å²) in [5, 5.41) is 23.1. The third kappa shape index (κ3) is 2.66. The van der Waals surface area contributed by atoms with Gasteiger partial charge in [0, 0.05) is 0 Å². The van der Waals surface area contributed by atoms with Crippen molar-refractivity contribution >= 4 is 27.4 Å². The molecule has 0 saturated carbocycles. The van der Waals surface area contributed by atoms with Crippen molar-refractivity contribution in [3.05, 3.63) is 40.5 Å². The molecule has 0 bridgehead atoms. The highest BCUT2D eigenvalue weighted by molar-refractivity contribution is 7.18. The Morgan fingerprint density at radius 3 is 2.56 bits per heavy atom. The van der Waals surface area contributed by atoms with Crippen LogP contribution in [0.3, 0.4) is 0 Å². The summed E-state index contributed by atoms with van der Waals surface area (Å²) in [4.78, 5) is 3.97. The molecular formula is C15H15F3N4O2S. The lowest BCUT2D eigenvalue weighted by Crippen LogP contribution is -2.44. The van der Waals surface area contributed by atoms with Crippen LogP contribution in [0.2, 0.25) is 0 Å². The number of nitrogens with zero attached hydrogens (tertiary/aromatic N) is 3. The third-order valence-electron chi connectivity index (χ3n) is 3.85. The van der Waals surface area contributed by atoms with E-state index in [1.54, 1.807) is 24.3 Å². The summed E-state index contributed by atoms with van der Waals surface area (Å²) in [6, 6.07) is 6.52. The number of fused-ring (bicyclic) bond motifs is 1. The summed E-state index contributed by atoms with van der Waals surface area (Å²) in [6.07, 6.45) is -5.06. The molecule has 3 aromatic rings. The van der Waals surface area contributed by atoms with E-state index in [1.807, 2.05) is 0 Å². The van der Waals surface area contributed by atoms with Gasteiger partial charge in [-0.15, -0.1) is 11.3 Å². The smallest absolute Gasteiger partial charge is 0.394 e. The first-order valence-corrected chi connectivity index (χ1v) is 8.11. The van der Waals surface area contributed by atoms with Crippen LogP contribution < -0.4 is 5.73 Å². The van der Waals surface area contributed by atoms with Crippen molar-refractivity contribution < 1.29 is 23.4 Å². The predicted octanol–water partition coefficient (Wildman–Crippen LogP) is 2.17. The summed E-state index contributed by atoms with van der Waals surface area (Å²) in [6.45, 7) is 0.889. The van der Waals surface area contributed by atoms with E-state index in [0.717, 1.165) is 16.0 Å². The molecular weight excluding hydrogens is 357 g/mol. The molecule has 0 aliphatic heterocycles. The Hall–Kier alpha value is -2.17. The number of hydrogen-bond acceptors (Lipinski definition) is 6. The molecule has 0 fully saturated rings. The Labute approximate surface area is 144 Å². The maximum atomic E-state index is 13.9. The molecule has 134 valence electrons. The molecule has 3 rings (SSSR count). The van der Waals surface area contributed by atoms with E-state index in [2.05, 4.69) is 10.1 Å². The quantitative estimate of drug-likeness (QED) is 0.652. The van der Waals surface area contributed by atoms with Gasteiger partial charge in [0.15, 0.2) is 0 Å². The van der Waals surface area contributed by atoms with Crippen LogP contribution in [0.5, 0.6) is 0 Å². The molecule has 2 aromatic heterocycles. The lowest BCUT2D eigenvalue weighted by molar-refractivity contribution is -0.248. The Balaban J connectivity index is 2.28. The Morgan fingerprint density at radius 2 is 1.96 bits per heavy atom. The Morgan fingerprint density at radius 1 is 1.28 bits per heavy atom. The zero-order chi connectivity index (χ0) is 18.4. The highest BCUT2D eigenvalue weighted by atomic mass is 32.1. The molecule has 25 heavy (non-hydrogen) atoms. The van der Waals surface area contributed by atoms with Gasteiger partial charge < -0.3 is 15.9 Å². The Bertz CT molecular complexity index is 888. The Kier molecular flexibility index (Phi) is 4.21.